The van der Waals surface area contributed by atoms with Crippen molar-refractivity contribution >= 4 is 37.5 Å². The second-order valence-electron chi connectivity index (χ2n) is 4.40. The van der Waals surface area contributed by atoms with Gasteiger partial charge in [0.1, 0.15) is 0 Å². The van der Waals surface area contributed by atoms with Crippen LogP contribution in [-0.4, -0.2) is 0 Å². The smallest absolute Gasteiger partial charge is 0.0401 e. The molecule has 0 bridgehead atoms. The maximum Gasteiger partial charge on any atom is 0.0401 e. The fourth-order valence-corrected chi connectivity index (χ4v) is 2.38. The molecule has 3 heteroatoms. The molecule has 2 rings (SSSR count). The van der Waals surface area contributed by atoms with Crippen molar-refractivity contribution in [3.05, 3.63) is 62.0 Å². The van der Waals surface area contributed by atoms with Crippen molar-refractivity contribution in [1.29, 1.82) is 0 Å². The normalized spacial score (nSPS) is 10.4. The molecule has 1 N–H and O–H groups in total. The van der Waals surface area contributed by atoms with Crippen LogP contribution in [-0.2, 0) is 6.54 Å². The Morgan fingerprint density at radius 1 is 0.889 bits per heavy atom. The van der Waals surface area contributed by atoms with E-state index in [9.17, 15) is 0 Å². The van der Waals surface area contributed by atoms with Gasteiger partial charge < -0.3 is 5.32 Å². The molecule has 0 aliphatic rings. The van der Waals surface area contributed by atoms with Gasteiger partial charge in [-0.2, -0.15) is 0 Å². The van der Waals surface area contributed by atoms with Gasteiger partial charge in [0.25, 0.3) is 0 Å². The van der Waals surface area contributed by atoms with Crippen molar-refractivity contribution in [1.82, 2.24) is 0 Å². The number of benzene rings is 2. The Hall–Kier alpha value is -0.800. The lowest BCUT2D eigenvalue weighted by Gasteiger charge is -2.09. The fourth-order valence-electron chi connectivity index (χ4n) is 1.71. The van der Waals surface area contributed by atoms with Gasteiger partial charge in [-0.1, -0.05) is 12.1 Å². The van der Waals surface area contributed by atoms with Crippen molar-refractivity contribution < 1.29 is 0 Å². The van der Waals surface area contributed by atoms with Gasteiger partial charge in [0.2, 0.25) is 0 Å². The molecule has 0 heterocycles. The lowest BCUT2D eigenvalue weighted by molar-refractivity contribution is 1.14. The number of rotatable bonds is 3. The minimum Gasteiger partial charge on any atom is -0.381 e. The maximum atomic E-state index is 3.52. The van der Waals surface area contributed by atoms with Gasteiger partial charge in [-0.05, 0) is 86.7 Å². The minimum atomic E-state index is 0.828. The molecular formula is C15H15Br2N. The molecule has 0 amide bonds. The first-order chi connectivity index (χ1) is 8.56. The van der Waals surface area contributed by atoms with E-state index < -0.39 is 0 Å². The van der Waals surface area contributed by atoms with Crippen LogP contribution < -0.4 is 5.32 Å². The van der Waals surface area contributed by atoms with E-state index in [0.717, 1.165) is 21.2 Å². The molecule has 94 valence electrons. The highest BCUT2D eigenvalue weighted by Crippen LogP contribution is 2.24. The number of hydrogen-bond acceptors (Lipinski definition) is 1. The molecule has 18 heavy (non-hydrogen) atoms. The molecular weight excluding hydrogens is 354 g/mol. The molecule has 0 radical (unpaired) electrons. The van der Waals surface area contributed by atoms with Crippen molar-refractivity contribution in [3.8, 4) is 0 Å². The molecule has 0 aliphatic heterocycles. The second-order valence-corrected chi connectivity index (χ2v) is 6.11. The van der Waals surface area contributed by atoms with Crippen molar-refractivity contribution in [2.75, 3.05) is 5.32 Å². The molecule has 2 aromatic rings. The van der Waals surface area contributed by atoms with Gasteiger partial charge in [0.05, 0.1) is 0 Å². The van der Waals surface area contributed by atoms with Gasteiger partial charge in [0.15, 0.2) is 0 Å². The lowest BCUT2D eigenvalue weighted by Crippen LogP contribution is -2.00. The van der Waals surface area contributed by atoms with E-state index in [0.29, 0.717) is 0 Å². The van der Waals surface area contributed by atoms with Crippen LogP contribution in [0.4, 0.5) is 5.69 Å². The third-order valence-corrected chi connectivity index (χ3v) is 4.87. The molecule has 0 saturated carbocycles. The first kappa shape index (κ1) is 13.6. The first-order valence-corrected chi connectivity index (χ1v) is 7.40. The maximum absolute atomic E-state index is 3.52. The van der Waals surface area contributed by atoms with E-state index in [-0.39, 0.29) is 0 Å². The average molecular weight is 369 g/mol. The quantitative estimate of drug-likeness (QED) is 0.760. The van der Waals surface area contributed by atoms with E-state index in [1.54, 1.807) is 0 Å². The number of anilines is 1. The highest BCUT2D eigenvalue weighted by atomic mass is 79.9. The first-order valence-electron chi connectivity index (χ1n) is 5.81. The van der Waals surface area contributed by atoms with E-state index in [1.807, 2.05) is 0 Å². The summed E-state index contributed by atoms with van der Waals surface area (Å²) in [6.45, 7) is 5.09. The summed E-state index contributed by atoms with van der Waals surface area (Å²) < 4.78 is 2.17. The van der Waals surface area contributed by atoms with Crippen LogP contribution in [0.5, 0.6) is 0 Å². The zero-order valence-corrected chi connectivity index (χ0v) is 13.6. The van der Waals surface area contributed by atoms with E-state index in [1.165, 1.54) is 16.7 Å². The Morgan fingerprint density at radius 2 is 1.67 bits per heavy atom. The van der Waals surface area contributed by atoms with Gasteiger partial charge in [-0.3, -0.25) is 0 Å². The predicted molar refractivity (Wildman–Crippen MR) is 85.1 cm³/mol. The molecule has 2 aromatic carbocycles. The van der Waals surface area contributed by atoms with Gasteiger partial charge in [-0.15, -0.1) is 0 Å². The molecule has 0 fully saturated rings. The number of halogens is 2. The summed E-state index contributed by atoms with van der Waals surface area (Å²) in [6.07, 6.45) is 0. The molecule has 1 nitrogen and oxygen atoms in total. The second kappa shape index (κ2) is 5.89. The van der Waals surface area contributed by atoms with E-state index in [2.05, 4.69) is 87.4 Å². The van der Waals surface area contributed by atoms with Gasteiger partial charge >= 0.3 is 0 Å². The number of hydrogen-bond donors (Lipinski definition) is 1. The van der Waals surface area contributed by atoms with E-state index in [4.69, 9.17) is 0 Å². The molecule has 0 aromatic heterocycles. The Kier molecular flexibility index (Phi) is 4.46. The Labute approximate surface area is 125 Å². The average Bonchev–Trinajstić information content (AvgIpc) is 2.35. The van der Waals surface area contributed by atoms with Crippen LogP contribution >= 0.6 is 31.9 Å². The van der Waals surface area contributed by atoms with Gasteiger partial charge in [0, 0.05) is 21.2 Å². The third kappa shape index (κ3) is 3.36. The SMILES string of the molecule is Cc1ccc(NCc2ccc(Br)c(Br)c2)cc1C. The van der Waals surface area contributed by atoms with Crippen LogP contribution in [0.2, 0.25) is 0 Å². The zero-order chi connectivity index (χ0) is 13.1. The Balaban J connectivity index is 2.06. The highest BCUT2D eigenvalue weighted by Gasteiger charge is 2.00. The summed E-state index contributed by atoms with van der Waals surface area (Å²) in [4.78, 5) is 0. The zero-order valence-electron chi connectivity index (χ0n) is 10.4. The molecule has 0 atom stereocenters. The standard InChI is InChI=1S/C15H15Br2N/c1-10-3-5-13(7-11(10)2)18-9-12-4-6-14(16)15(17)8-12/h3-8,18H,9H2,1-2H3. The van der Waals surface area contributed by atoms with Gasteiger partial charge in [-0.25, -0.2) is 0 Å². The summed E-state index contributed by atoms with van der Waals surface area (Å²) in [5.74, 6) is 0. The largest absolute Gasteiger partial charge is 0.381 e. The monoisotopic (exact) mass is 367 g/mol. The molecule has 0 aliphatic carbocycles. The molecule has 0 saturated heterocycles. The predicted octanol–water partition coefficient (Wildman–Crippen LogP) is 5.44. The minimum absolute atomic E-state index is 0.828. The van der Waals surface area contributed by atoms with Crippen LogP contribution in [0.25, 0.3) is 0 Å². The fraction of sp³-hybridized carbons (Fsp3) is 0.200. The Morgan fingerprint density at radius 3 is 2.33 bits per heavy atom. The highest BCUT2D eigenvalue weighted by molar-refractivity contribution is 9.13. The van der Waals surface area contributed by atoms with Crippen LogP contribution in [0, 0.1) is 13.8 Å². The van der Waals surface area contributed by atoms with Crippen LogP contribution in [0.3, 0.4) is 0 Å². The van der Waals surface area contributed by atoms with Crippen molar-refractivity contribution in [3.63, 3.8) is 0 Å². The van der Waals surface area contributed by atoms with Crippen molar-refractivity contribution in [2.45, 2.75) is 20.4 Å². The van der Waals surface area contributed by atoms with Crippen LogP contribution in [0.1, 0.15) is 16.7 Å². The third-order valence-electron chi connectivity index (χ3n) is 2.99. The Bertz CT molecular complexity index is 513. The topological polar surface area (TPSA) is 12.0 Å². The van der Waals surface area contributed by atoms with Crippen LogP contribution in [0.15, 0.2) is 45.3 Å². The van der Waals surface area contributed by atoms with E-state index >= 15 is 0 Å². The summed E-state index contributed by atoms with van der Waals surface area (Å²) in [7, 11) is 0. The molecule has 0 spiro atoms. The summed E-state index contributed by atoms with van der Waals surface area (Å²) >= 11 is 6.99. The van der Waals surface area contributed by atoms with Crippen molar-refractivity contribution in [2.24, 2.45) is 0 Å². The summed E-state index contributed by atoms with van der Waals surface area (Å²) in [6, 6.07) is 12.7. The number of aryl methyl sites for hydroxylation is 2. The summed E-state index contributed by atoms with van der Waals surface area (Å²) in [5, 5.41) is 3.44. The molecule has 0 unspecified atom stereocenters. The summed E-state index contributed by atoms with van der Waals surface area (Å²) in [5.41, 5.74) is 5.06. The number of nitrogens with one attached hydrogen (secondary N) is 1. The lowest BCUT2D eigenvalue weighted by atomic mass is 10.1.